The van der Waals surface area contributed by atoms with Crippen molar-refractivity contribution in [1.29, 1.82) is 0 Å². The summed E-state index contributed by atoms with van der Waals surface area (Å²) in [4.78, 5) is 11.7. The number of benzene rings is 2. The molecule has 0 saturated heterocycles. The average molecular weight is 371 g/mol. The van der Waals surface area contributed by atoms with Crippen LogP contribution in [0.5, 0.6) is 5.75 Å². The second kappa shape index (κ2) is 8.46. The summed E-state index contributed by atoms with van der Waals surface area (Å²) in [6, 6.07) is 10.3. The highest BCUT2D eigenvalue weighted by molar-refractivity contribution is 5.91. The van der Waals surface area contributed by atoms with Gasteiger partial charge in [0.05, 0.1) is 5.56 Å². The quantitative estimate of drug-likeness (QED) is 0.594. The molecule has 0 aromatic heterocycles. The van der Waals surface area contributed by atoms with E-state index in [-0.39, 0.29) is 12.3 Å². The Labute approximate surface area is 146 Å². The largest absolute Gasteiger partial charge is 0.435 e. The highest BCUT2D eigenvalue weighted by Crippen LogP contribution is 2.29. The summed E-state index contributed by atoms with van der Waals surface area (Å²) in [6.45, 7) is -2.98. The number of halogens is 5. The molecule has 0 aliphatic rings. The molecule has 138 valence electrons. The Bertz CT molecular complexity index is 770. The van der Waals surface area contributed by atoms with E-state index < -0.39 is 24.3 Å². The summed E-state index contributed by atoms with van der Waals surface area (Å²) in [5, 5.41) is 2.47. The number of hydrogen-bond acceptors (Lipinski definition) is 2. The fraction of sp³-hybridized carbons (Fsp3) is 0.167. The Morgan fingerprint density at radius 1 is 1.12 bits per heavy atom. The summed E-state index contributed by atoms with van der Waals surface area (Å²) in [6.07, 6.45) is -1.82. The van der Waals surface area contributed by atoms with Crippen LogP contribution < -0.4 is 10.1 Å². The van der Waals surface area contributed by atoms with Gasteiger partial charge in [-0.3, -0.25) is 4.79 Å². The maximum absolute atomic E-state index is 12.6. The number of ether oxygens (including phenoxy) is 1. The molecule has 2 aromatic carbocycles. The second-order valence-corrected chi connectivity index (χ2v) is 5.20. The standard InChI is InChI=1S/C18H14F5NO2/c19-17(20)26-15-7-4-12(5-8-15)6-9-16(25)24-11-13-2-1-3-14(10-13)18(21,22)23/h1-10,17H,11H2,(H,24,25)/b9-6+. The third-order valence-corrected chi connectivity index (χ3v) is 3.25. The van der Waals surface area contributed by atoms with E-state index in [4.69, 9.17) is 0 Å². The normalized spacial score (nSPS) is 11.8. The number of carbonyl (C=O) groups is 1. The van der Waals surface area contributed by atoms with Gasteiger partial charge in [-0.15, -0.1) is 0 Å². The minimum Gasteiger partial charge on any atom is -0.435 e. The highest BCUT2D eigenvalue weighted by Gasteiger charge is 2.30. The van der Waals surface area contributed by atoms with E-state index in [9.17, 15) is 26.7 Å². The van der Waals surface area contributed by atoms with Crippen molar-refractivity contribution in [3.05, 3.63) is 71.3 Å². The molecular formula is C18H14F5NO2. The van der Waals surface area contributed by atoms with Crippen LogP contribution in [0, 0.1) is 0 Å². The number of amides is 1. The summed E-state index contributed by atoms with van der Waals surface area (Å²) < 4.78 is 66.1. The van der Waals surface area contributed by atoms with Crippen LogP contribution in [0.25, 0.3) is 6.08 Å². The fourth-order valence-corrected chi connectivity index (χ4v) is 2.04. The van der Waals surface area contributed by atoms with Gasteiger partial charge in [-0.25, -0.2) is 0 Å². The van der Waals surface area contributed by atoms with Crippen molar-refractivity contribution in [2.75, 3.05) is 0 Å². The Morgan fingerprint density at radius 3 is 2.42 bits per heavy atom. The van der Waals surface area contributed by atoms with Gasteiger partial charge in [0.1, 0.15) is 5.75 Å². The lowest BCUT2D eigenvalue weighted by Gasteiger charge is -2.09. The van der Waals surface area contributed by atoms with Crippen molar-refractivity contribution >= 4 is 12.0 Å². The van der Waals surface area contributed by atoms with Crippen LogP contribution in [0.3, 0.4) is 0 Å². The van der Waals surface area contributed by atoms with Gasteiger partial charge in [0.15, 0.2) is 0 Å². The molecule has 2 rings (SSSR count). The predicted octanol–water partition coefficient (Wildman–Crippen LogP) is 4.64. The number of hydrogen-bond donors (Lipinski definition) is 1. The van der Waals surface area contributed by atoms with Crippen molar-refractivity contribution in [3.63, 3.8) is 0 Å². The lowest BCUT2D eigenvalue weighted by molar-refractivity contribution is -0.137. The molecule has 26 heavy (non-hydrogen) atoms. The third-order valence-electron chi connectivity index (χ3n) is 3.25. The van der Waals surface area contributed by atoms with E-state index in [0.29, 0.717) is 11.1 Å². The van der Waals surface area contributed by atoms with Crippen molar-refractivity contribution in [2.45, 2.75) is 19.3 Å². The zero-order valence-corrected chi connectivity index (χ0v) is 13.3. The van der Waals surface area contributed by atoms with Crippen LogP contribution >= 0.6 is 0 Å². The molecule has 1 amide bonds. The zero-order chi connectivity index (χ0) is 19.2. The van der Waals surface area contributed by atoms with Crippen LogP contribution in [-0.2, 0) is 17.5 Å². The van der Waals surface area contributed by atoms with Crippen molar-refractivity contribution in [2.24, 2.45) is 0 Å². The fourth-order valence-electron chi connectivity index (χ4n) is 2.04. The molecule has 0 spiro atoms. The Balaban J connectivity index is 1.89. The first-order valence-electron chi connectivity index (χ1n) is 7.41. The summed E-state index contributed by atoms with van der Waals surface area (Å²) in [7, 11) is 0. The zero-order valence-electron chi connectivity index (χ0n) is 13.3. The van der Waals surface area contributed by atoms with Gasteiger partial charge in [0.25, 0.3) is 0 Å². The van der Waals surface area contributed by atoms with Crippen LogP contribution in [0.2, 0.25) is 0 Å². The topological polar surface area (TPSA) is 38.3 Å². The molecule has 0 fully saturated rings. The third kappa shape index (κ3) is 6.19. The van der Waals surface area contributed by atoms with E-state index in [1.165, 1.54) is 48.6 Å². The molecule has 0 atom stereocenters. The highest BCUT2D eigenvalue weighted by atomic mass is 19.4. The first-order valence-corrected chi connectivity index (χ1v) is 7.41. The van der Waals surface area contributed by atoms with Crippen molar-refractivity contribution in [1.82, 2.24) is 5.32 Å². The maximum atomic E-state index is 12.6. The first kappa shape index (κ1) is 19.4. The second-order valence-electron chi connectivity index (χ2n) is 5.20. The van der Waals surface area contributed by atoms with E-state index >= 15 is 0 Å². The van der Waals surface area contributed by atoms with Gasteiger partial charge in [0, 0.05) is 12.6 Å². The Hall–Kier alpha value is -2.90. The predicted molar refractivity (Wildman–Crippen MR) is 85.4 cm³/mol. The van der Waals surface area contributed by atoms with Crippen molar-refractivity contribution < 1.29 is 31.5 Å². The number of carbonyl (C=O) groups excluding carboxylic acids is 1. The molecule has 0 unspecified atom stereocenters. The molecule has 0 aliphatic carbocycles. The van der Waals surface area contributed by atoms with E-state index in [1.54, 1.807) is 0 Å². The molecule has 8 heteroatoms. The van der Waals surface area contributed by atoms with Gasteiger partial charge >= 0.3 is 12.8 Å². The first-order chi connectivity index (χ1) is 12.2. The monoisotopic (exact) mass is 371 g/mol. The molecule has 0 saturated carbocycles. The lowest BCUT2D eigenvalue weighted by atomic mass is 10.1. The van der Waals surface area contributed by atoms with E-state index in [2.05, 4.69) is 10.1 Å². The van der Waals surface area contributed by atoms with Gasteiger partial charge in [-0.2, -0.15) is 22.0 Å². The Morgan fingerprint density at radius 2 is 1.81 bits per heavy atom. The van der Waals surface area contributed by atoms with Crippen LogP contribution in [-0.4, -0.2) is 12.5 Å². The summed E-state index contributed by atoms with van der Waals surface area (Å²) >= 11 is 0. The molecule has 0 bridgehead atoms. The SMILES string of the molecule is O=C(/C=C/c1ccc(OC(F)F)cc1)NCc1cccc(C(F)(F)F)c1. The number of nitrogens with one attached hydrogen (secondary N) is 1. The number of alkyl halides is 5. The smallest absolute Gasteiger partial charge is 0.416 e. The molecular weight excluding hydrogens is 357 g/mol. The molecule has 3 nitrogen and oxygen atoms in total. The summed E-state index contributed by atoms with van der Waals surface area (Å²) in [5.41, 5.74) is 0.0989. The lowest BCUT2D eigenvalue weighted by Crippen LogP contribution is -2.20. The van der Waals surface area contributed by atoms with E-state index in [1.807, 2.05) is 0 Å². The van der Waals surface area contributed by atoms with Crippen LogP contribution in [0.4, 0.5) is 22.0 Å². The minimum atomic E-state index is -4.44. The van der Waals surface area contributed by atoms with Crippen LogP contribution in [0.15, 0.2) is 54.6 Å². The Kier molecular flexibility index (Phi) is 6.32. The molecule has 0 aliphatic heterocycles. The van der Waals surface area contributed by atoms with Crippen molar-refractivity contribution in [3.8, 4) is 5.75 Å². The number of rotatable bonds is 6. The van der Waals surface area contributed by atoms with Gasteiger partial charge < -0.3 is 10.1 Å². The van der Waals surface area contributed by atoms with E-state index in [0.717, 1.165) is 12.1 Å². The van der Waals surface area contributed by atoms with Gasteiger partial charge in [-0.1, -0.05) is 24.3 Å². The molecule has 2 aromatic rings. The van der Waals surface area contributed by atoms with Crippen LogP contribution in [0.1, 0.15) is 16.7 Å². The maximum Gasteiger partial charge on any atom is 0.416 e. The van der Waals surface area contributed by atoms with Gasteiger partial charge in [0.2, 0.25) is 5.91 Å². The molecule has 0 radical (unpaired) electrons. The average Bonchev–Trinajstić information content (AvgIpc) is 2.58. The molecule has 0 heterocycles. The molecule has 1 N–H and O–H groups in total. The summed E-state index contributed by atoms with van der Waals surface area (Å²) in [5.74, 6) is -0.513. The minimum absolute atomic E-state index is 0.00820. The van der Waals surface area contributed by atoms with Gasteiger partial charge in [-0.05, 0) is 41.5 Å².